The van der Waals surface area contributed by atoms with Gasteiger partial charge in [0.1, 0.15) is 0 Å². The number of aromatic nitrogens is 2. The highest BCUT2D eigenvalue weighted by Gasteiger charge is 2.19. The molecule has 2 atom stereocenters. The molecule has 0 saturated carbocycles. The second-order valence-electron chi connectivity index (χ2n) is 5.93. The number of benzene rings is 1. The average Bonchev–Trinajstić information content (AvgIpc) is 3.25. The number of nitrogens with one attached hydrogen (secondary N) is 1. The number of halogens is 1. The molecule has 0 unspecified atom stereocenters. The molecular weight excluding hydrogens is 330 g/mol. The minimum atomic E-state index is -0.313. The molecule has 1 aromatic heterocycles. The van der Waals surface area contributed by atoms with E-state index in [2.05, 4.69) is 15.5 Å². The van der Waals surface area contributed by atoms with Gasteiger partial charge in [-0.15, -0.1) is 0 Å². The van der Waals surface area contributed by atoms with Crippen LogP contribution in [0.25, 0.3) is 11.5 Å². The fourth-order valence-electron chi connectivity index (χ4n) is 2.66. The SMILES string of the molecule is C[C@H](NC(=O)CC[C@@H]1CCCO1)c1noc(-c2ccc(Cl)cc2)n1. The minimum absolute atomic E-state index is 0.0316. The molecule has 128 valence electrons. The molecule has 0 bridgehead atoms. The maximum Gasteiger partial charge on any atom is 0.257 e. The van der Waals surface area contributed by atoms with E-state index in [1.807, 2.05) is 19.1 Å². The lowest BCUT2D eigenvalue weighted by Gasteiger charge is -2.12. The maximum atomic E-state index is 12.0. The molecule has 2 heterocycles. The summed E-state index contributed by atoms with van der Waals surface area (Å²) in [5, 5.41) is 7.48. The van der Waals surface area contributed by atoms with Gasteiger partial charge in [-0.2, -0.15) is 4.98 Å². The zero-order valence-electron chi connectivity index (χ0n) is 13.5. The first-order valence-corrected chi connectivity index (χ1v) is 8.50. The molecule has 1 N–H and O–H groups in total. The van der Waals surface area contributed by atoms with Crippen LogP contribution < -0.4 is 5.32 Å². The third kappa shape index (κ3) is 4.33. The highest BCUT2D eigenvalue weighted by atomic mass is 35.5. The molecule has 1 amide bonds. The van der Waals surface area contributed by atoms with Gasteiger partial charge in [-0.05, 0) is 50.5 Å². The Kier molecular flexibility index (Phi) is 5.48. The summed E-state index contributed by atoms with van der Waals surface area (Å²) < 4.78 is 10.8. The molecule has 1 aliphatic heterocycles. The Morgan fingerprint density at radius 3 is 2.92 bits per heavy atom. The third-order valence-corrected chi connectivity index (χ3v) is 4.27. The molecule has 7 heteroatoms. The molecule has 6 nitrogen and oxygen atoms in total. The molecule has 2 aromatic rings. The fraction of sp³-hybridized carbons (Fsp3) is 0.471. The van der Waals surface area contributed by atoms with E-state index in [4.69, 9.17) is 20.9 Å². The molecule has 1 aromatic carbocycles. The number of amides is 1. The number of rotatable bonds is 6. The zero-order chi connectivity index (χ0) is 16.9. The van der Waals surface area contributed by atoms with Crippen molar-refractivity contribution in [3.8, 4) is 11.5 Å². The molecule has 1 saturated heterocycles. The van der Waals surface area contributed by atoms with E-state index in [1.165, 1.54) is 0 Å². The lowest BCUT2D eigenvalue weighted by molar-refractivity contribution is -0.122. The lowest BCUT2D eigenvalue weighted by Crippen LogP contribution is -2.28. The van der Waals surface area contributed by atoms with Crippen LogP contribution in [-0.4, -0.2) is 28.8 Å². The summed E-state index contributed by atoms with van der Waals surface area (Å²) in [7, 11) is 0. The highest BCUT2D eigenvalue weighted by molar-refractivity contribution is 6.30. The van der Waals surface area contributed by atoms with E-state index >= 15 is 0 Å². The quantitative estimate of drug-likeness (QED) is 0.863. The molecule has 0 spiro atoms. The average molecular weight is 350 g/mol. The summed E-state index contributed by atoms with van der Waals surface area (Å²) in [6, 6.07) is 6.83. The molecule has 3 rings (SSSR count). The van der Waals surface area contributed by atoms with Crippen LogP contribution in [0, 0.1) is 0 Å². The van der Waals surface area contributed by atoms with Crippen molar-refractivity contribution < 1.29 is 14.1 Å². The largest absolute Gasteiger partial charge is 0.378 e. The van der Waals surface area contributed by atoms with E-state index < -0.39 is 0 Å². The lowest BCUT2D eigenvalue weighted by atomic mass is 10.1. The fourth-order valence-corrected chi connectivity index (χ4v) is 2.79. The summed E-state index contributed by atoms with van der Waals surface area (Å²) in [6.07, 6.45) is 3.53. The third-order valence-electron chi connectivity index (χ3n) is 4.02. The summed E-state index contributed by atoms with van der Waals surface area (Å²) >= 11 is 5.87. The Morgan fingerprint density at radius 1 is 1.42 bits per heavy atom. The van der Waals surface area contributed by atoms with Crippen LogP contribution in [0.1, 0.15) is 44.5 Å². The van der Waals surface area contributed by atoms with Gasteiger partial charge >= 0.3 is 0 Å². The van der Waals surface area contributed by atoms with Gasteiger partial charge < -0.3 is 14.6 Å². The van der Waals surface area contributed by atoms with Crippen molar-refractivity contribution in [2.24, 2.45) is 0 Å². The van der Waals surface area contributed by atoms with E-state index in [0.717, 1.165) is 31.4 Å². The molecule has 24 heavy (non-hydrogen) atoms. The normalized spacial score (nSPS) is 18.5. The topological polar surface area (TPSA) is 77.2 Å². The van der Waals surface area contributed by atoms with Gasteiger partial charge in [-0.1, -0.05) is 16.8 Å². The van der Waals surface area contributed by atoms with E-state index in [0.29, 0.717) is 23.2 Å². The first kappa shape index (κ1) is 16.9. The van der Waals surface area contributed by atoms with Gasteiger partial charge in [-0.25, -0.2) is 0 Å². The van der Waals surface area contributed by atoms with Crippen LogP contribution in [0.5, 0.6) is 0 Å². The van der Waals surface area contributed by atoms with Gasteiger partial charge in [0, 0.05) is 23.6 Å². The van der Waals surface area contributed by atoms with Crippen LogP contribution in [0.4, 0.5) is 0 Å². The molecule has 1 fully saturated rings. The number of hydrogen-bond donors (Lipinski definition) is 1. The summed E-state index contributed by atoms with van der Waals surface area (Å²) in [6.45, 7) is 2.64. The van der Waals surface area contributed by atoms with Crippen molar-refractivity contribution >= 4 is 17.5 Å². The number of nitrogens with zero attached hydrogens (tertiary/aromatic N) is 2. The van der Waals surface area contributed by atoms with Gasteiger partial charge in [-0.3, -0.25) is 4.79 Å². The number of hydrogen-bond acceptors (Lipinski definition) is 5. The van der Waals surface area contributed by atoms with Crippen molar-refractivity contribution in [1.82, 2.24) is 15.5 Å². The van der Waals surface area contributed by atoms with Crippen molar-refractivity contribution in [3.63, 3.8) is 0 Å². The van der Waals surface area contributed by atoms with E-state index in [-0.39, 0.29) is 18.1 Å². The van der Waals surface area contributed by atoms with Crippen molar-refractivity contribution in [3.05, 3.63) is 35.1 Å². The van der Waals surface area contributed by atoms with Crippen LogP contribution in [0.2, 0.25) is 5.02 Å². The molecule has 1 aliphatic rings. The van der Waals surface area contributed by atoms with Crippen molar-refractivity contribution in [2.45, 2.75) is 44.8 Å². The summed E-state index contributed by atoms with van der Waals surface area (Å²) in [5.41, 5.74) is 0.787. The monoisotopic (exact) mass is 349 g/mol. The van der Waals surface area contributed by atoms with Gasteiger partial charge in [0.05, 0.1) is 12.1 Å². The Balaban J connectivity index is 1.54. The smallest absolute Gasteiger partial charge is 0.257 e. The predicted molar refractivity (Wildman–Crippen MR) is 89.5 cm³/mol. The number of ether oxygens (including phenoxy) is 1. The Labute approximate surface area is 145 Å². The zero-order valence-corrected chi connectivity index (χ0v) is 14.3. The van der Waals surface area contributed by atoms with Gasteiger partial charge in [0.25, 0.3) is 5.89 Å². The first-order valence-electron chi connectivity index (χ1n) is 8.12. The van der Waals surface area contributed by atoms with E-state index in [9.17, 15) is 4.79 Å². The van der Waals surface area contributed by atoms with Crippen molar-refractivity contribution in [1.29, 1.82) is 0 Å². The minimum Gasteiger partial charge on any atom is -0.378 e. The standard InChI is InChI=1S/C17H20ClN3O3/c1-11(19-15(22)9-8-14-3-2-10-23-14)16-20-17(24-21-16)12-4-6-13(18)7-5-12/h4-7,11,14H,2-3,8-10H2,1H3,(H,19,22)/t11-,14-/m0/s1. The Morgan fingerprint density at radius 2 is 2.21 bits per heavy atom. The Bertz CT molecular complexity index is 681. The summed E-state index contributed by atoms with van der Waals surface area (Å²) in [4.78, 5) is 16.4. The highest BCUT2D eigenvalue weighted by Crippen LogP contribution is 2.21. The molecular formula is C17H20ClN3O3. The predicted octanol–water partition coefficient (Wildman–Crippen LogP) is 3.53. The van der Waals surface area contributed by atoms with Crippen LogP contribution in [0.15, 0.2) is 28.8 Å². The summed E-state index contributed by atoms with van der Waals surface area (Å²) in [5.74, 6) is 0.823. The van der Waals surface area contributed by atoms with Crippen LogP contribution >= 0.6 is 11.6 Å². The second-order valence-corrected chi connectivity index (χ2v) is 6.36. The molecule has 0 aliphatic carbocycles. The number of carbonyl (C=O) groups excluding carboxylic acids is 1. The second kappa shape index (κ2) is 7.77. The van der Waals surface area contributed by atoms with Gasteiger partial charge in [0.2, 0.25) is 5.91 Å². The van der Waals surface area contributed by atoms with Crippen LogP contribution in [-0.2, 0) is 9.53 Å². The Hall–Kier alpha value is -1.92. The molecule has 0 radical (unpaired) electrons. The van der Waals surface area contributed by atoms with Gasteiger partial charge in [0.15, 0.2) is 5.82 Å². The maximum absolute atomic E-state index is 12.0. The van der Waals surface area contributed by atoms with Crippen molar-refractivity contribution in [2.75, 3.05) is 6.61 Å². The first-order chi connectivity index (χ1) is 11.6. The van der Waals surface area contributed by atoms with E-state index in [1.54, 1.807) is 12.1 Å². The number of carbonyl (C=O) groups is 1. The van der Waals surface area contributed by atoms with Crippen LogP contribution in [0.3, 0.4) is 0 Å².